The lowest BCUT2D eigenvalue weighted by Crippen LogP contribution is -2.53. The van der Waals surface area contributed by atoms with Gasteiger partial charge < -0.3 is 15.0 Å². The number of hydrogen-bond acceptors (Lipinski definition) is 6. The van der Waals surface area contributed by atoms with E-state index in [1.807, 2.05) is 19.1 Å². The number of carbonyl (C=O) groups is 1. The van der Waals surface area contributed by atoms with Crippen molar-refractivity contribution in [3.8, 4) is 0 Å². The minimum Gasteiger partial charge on any atom is -0.390 e. The number of sulfonamides is 1. The van der Waals surface area contributed by atoms with Crippen LogP contribution in [0.5, 0.6) is 0 Å². The molecule has 1 aliphatic carbocycles. The molecule has 5 rings (SSSR count). The average molecular weight is 540 g/mol. The molecule has 2 aliphatic rings. The first-order valence-electron chi connectivity index (χ1n) is 13.2. The third-order valence-corrected chi connectivity index (χ3v) is 9.64. The predicted octanol–water partition coefficient (Wildman–Crippen LogP) is 4.03. The van der Waals surface area contributed by atoms with Crippen molar-refractivity contribution in [2.45, 2.75) is 62.9 Å². The van der Waals surface area contributed by atoms with Crippen molar-refractivity contribution in [2.24, 2.45) is 11.8 Å². The molecule has 1 aromatic heterocycles. The van der Waals surface area contributed by atoms with Gasteiger partial charge in [-0.05, 0) is 53.5 Å². The first-order valence-corrected chi connectivity index (χ1v) is 14.7. The predicted molar refractivity (Wildman–Crippen MR) is 143 cm³/mol. The van der Waals surface area contributed by atoms with Gasteiger partial charge in [-0.2, -0.15) is 4.72 Å². The number of aryl methyl sites for hydroxylation is 2. The van der Waals surface area contributed by atoms with Gasteiger partial charge in [-0.3, -0.25) is 4.79 Å². The van der Waals surface area contributed by atoms with E-state index in [1.54, 1.807) is 29.2 Å². The fraction of sp³-hybridized carbons (Fsp3) is 0.481. The van der Waals surface area contributed by atoms with Crippen molar-refractivity contribution in [3.63, 3.8) is 0 Å². The molecule has 0 bridgehead atoms. The van der Waals surface area contributed by atoms with E-state index in [4.69, 9.17) is 0 Å². The number of amides is 1. The number of nitrogens with one attached hydrogen (secondary N) is 1. The molecule has 10 nitrogen and oxygen atoms in total. The molecule has 3 aromatic rings. The van der Waals surface area contributed by atoms with Gasteiger partial charge in [-0.25, -0.2) is 13.0 Å². The van der Waals surface area contributed by atoms with Gasteiger partial charge in [-0.15, -0.1) is 0 Å². The van der Waals surface area contributed by atoms with E-state index in [1.165, 1.54) is 29.8 Å². The zero-order chi connectivity index (χ0) is 26.9. The van der Waals surface area contributed by atoms with Crippen LogP contribution in [0.3, 0.4) is 0 Å². The van der Waals surface area contributed by atoms with Crippen LogP contribution in [0, 0.1) is 28.9 Å². The number of nitro groups is 1. The van der Waals surface area contributed by atoms with Crippen molar-refractivity contribution in [1.82, 2.24) is 19.2 Å². The fourth-order valence-corrected chi connectivity index (χ4v) is 7.51. The molecule has 11 heteroatoms. The van der Waals surface area contributed by atoms with E-state index in [9.17, 15) is 23.3 Å². The maximum absolute atomic E-state index is 13.8. The molecular formula is C27H33N5O5S. The molecule has 3 atom stereocenters. The molecule has 38 heavy (non-hydrogen) atoms. The lowest BCUT2D eigenvalue weighted by molar-refractivity contribution is -0.396. The molecule has 0 radical (unpaired) electrons. The Morgan fingerprint density at radius 2 is 1.87 bits per heavy atom. The van der Waals surface area contributed by atoms with Crippen LogP contribution in [0.1, 0.15) is 44.1 Å². The summed E-state index contributed by atoms with van der Waals surface area (Å²) in [6, 6.07) is 9.54. The number of carbonyl (C=O) groups excluding carboxylic acids is 1. The highest BCUT2D eigenvalue weighted by atomic mass is 32.2. The Labute approximate surface area is 222 Å². The Morgan fingerprint density at radius 3 is 2.63 bits per heavy atom. The lowest BCUT2D eigenvalue weighted by atomic mass is 9.75. The molecular weight excluding hydrogens is 506 g/mol. The van der Waals surface area contributed by atoms with Gasteiger partial charge in [-0.1, -0.05) is 54.6 Å². The number of fused-ring (bicyclic) bond motifs is 2. The second-order valence-corrected chi connectivity index (χ2v) is 12.1. The summed E-state index contributed by atoms with van der Waals surface area (Å²) in [4.78, 5) is 30.2. The molecule has 0 spiro atoms. The Kier molecular flexibility index (Phi) is 7.49. The summed E-state index contributed by atoms with van der Waals surface area (Å²) in [6.07, 6.45) is 8.43. The minimum absolute atomic E-state index is 0.0592. The van der Waals surface area contributed by atoms with Crippen LogP contribution in [-0.4, -0.2) is 52.8 Å². The third-order valence-electron chi connectivity index (χ3n) is 8.11. The van der Waals surface area contributed by atoms with Crippen molar-refractivity contribution >= 4 is 32.7 Å². The van der Waals surface area contributed by atoms with Gasteiger partial charge in [0, 0.05) is 24.9 Å². The quantitative estimate of drug-likeness (QED) is 0.340. The van der Waals surface area contributed by atoms with E-state index < -0.39 is 21.0 Å². The van der Waals surface area contributed by atoms with Crippen LogP contribution in [0.2, 0.25) is 0 Å². The summed E-state index contributed by atoms with van der Waals surface area (Å²) in [6.45, 7) is 3.21. The van der Waals surface area contributed by atoms with Gasteiger partial charge in [0.15, 0.2) is 0 Å². The molecule has 202 valence electrons. The molecule has 1 amide bonds. The first-order chi connectivity index (χ1) is 18.2. The van der Waals surface area contributed by atoms with Crippen molar-refractivity contribution in [3.05, 3.63) is 64.5 Å². The maximum atomic E-state index is 13.8. The number of benzene rings is 2. The highest BCUT2D eigenvalue weighted by Gasteiger charge is 2.37. The summed E-state index contributed by atoms with van der Waals surface area (Å²) in [5.74, 6) is 0.438. The average Bonchev–Trinajstić information content (AvgIpc) is 3.40. The molecule has 2 aromatic carbocycles. The van der Waals surface area contributed by atoms with Crippen LogP contribution in [0.4, 0.5) is 5.95 Å². The number of hydrogen-bond donors (Lipinski definition) is 1. The van der Waals surface area contributed by atoms with Gasteiger partial charge in [0.25, 0.3) is 0 Å². The van der Waals surface area contributed by atoms with Gasteiger partial charge in [0.1, 0.15) is 18.4 Å². The third kappa shape index (κ3) is 5.30. The molecule has 1 saturated heterocycles. The number of nitrogens with zero attached hydrogens (tertiary/aromatic N) is 4. The van der Waals surface area contributed by atoms with Crippen LogP contribution >= 0.6 is 0 Å². The van der Waals surface area contributed by atoms with Crippen molar-refractivity contribution in [1.29, 1.82) is 0 Å². The molecule has 2 heterocycles. The number of piperidine rings is 1. The first kappa shape index (κ1) is 26.3. The second kappa shape index (κ2) is 10.8. The maximum Gasteiger partial charge on any atom is 0.434 e. The van der Waals surface area contributed by atoms with E-state index in [0.29, 0.717) is 30.3 Å². The Morgan fingerprint density at radius 1 is 1.13 bits per heavy atom. The summed E-state index contributed by atoms with van der Waals surface area (Å²) in [5, 5.41) is 12.8. The topological polar surface area (TPSA) is 127 Å². The molecule has 1 aliphatic heterocycles. The normalized spacial score (nSPS) is 20.7. The lowest BCUT2D eigenvalue weighted by Gasteiger charge is -2.42. The Bertz CT molecular complexity index is 1450. The molecule has 1 saturated carbocycles. The van der Waals surface area contributed by atoms with Crippen molar-refractivity contribution < 1.29 is 18.1 Å². The second-order valence-electron chi connectivity index (χ2n) is 10.4. The summed E-state index contributed by atoms with van der Waals surface area (Å²) in [7, 11) is -4.08. The summed E-state index contributed by atoms with van der Waals surface area (Å²) < 4.78 is 31.4. The SMILES string of the molecule is Cc1ccc(S(=O)(=O)NC(CCn2ccnc2[N+](=O)[O-])C(=O)N2CC[C@H]3CCCC[C@H]3C2)c2ccccc12. The molecule has 1 N–H and O–H groups in total. The molecule has 2 fully saturated rings. The smallest absolute Gasteiger partial charge is 0.390 e. The number of aromatic nitrogens is 2. The fourth-order valence-electron chi connectivity index (χ4n) is 6.08. The zero-order valence-corrected chi connectivity index (χ0v) is 22.3. The highest BCUT2D eigenvalue weighted by Crippen LogP contribution is 2.36. The number of rotatable bonds is 8. The van der Waals surface area contributed by atoms with E-state index in [-0.39, 0.29) is 29.7 Å². The van der Waals surface area contributed by atoms with Crippen LogP contribution < -0.4 is 4.72 Å². The Hall–Kier alpha value is -3.31. The minimum atomic E-state index is -4.08. The standard InChI is InChI=1S/C27H33N5O5S/c1-19-10-11-25(23-9-5-4-8-22(19)23)38(36,37)29-24(13-16-30-17-14-28-27(30)32(34)35)26(33)31-15-12-20-6-2-3-7-21(20)18-31/h4-5,8-11,14,17,20-21,24,29H,2-3,6-7,12-13,15-16,18H2,1H3/t20-,21+,24?/m1/s1. The van der Waals surface area contributed by atoms with Crippen LogP contribution in [-0.2, 0) is 21.4 Å². The van der Waals surface area contributed by atoms with E-state index in [0.717, 1.165) is 30.2 Å². The monoisotopic (exact) mass is 539 g/mol. The summed E-state index contributed by atoms with van der Waals surface area (Å²) in [5.41, 5.74) is 0.954. The van der Waals surface area contributed by atoms with Gasteiger partial charge in [0.05, 0.1) is 11.4 Å². The Balaban J connectivity index is 1.43. The van der Waals surface area contributed by atoms with E-state index >= 15 is 0 Å². The van der Waals surface area contributed by atoms with Gasteiger partial charge in [0.2, 0.25) is 15.9 Å². The molecule has 1 unspecified atom stereocenters. The van der Waals surface area contributed by atoms with Crippen LogP contribution in [0.25, 0.3) is 10.8 Å². The highest BCUT2D eigenvalue weighted by molar-refractivity contribution is 7.89. The zero-order valence-electron chi connectivity index (χ0n) is 21.5. The van der Waals surface area contributed by atoms with Crippen LogP contribution in [0.15, 0.2) is 53.7 Å². The number of imidazole rings is 1. The van der Waals surface area contributed by atoms with Crippen molar-refractivity contribution in [2.75, 3.05) is 13.1 Å². The summed E-state index contributed by atoms with van der Waals surface area (Å²) >= 11 is 0. The largest absolute Gasteiger partial charge is 0.434 e. The van der Waals surface area contributed by atoms with Gasteiger partial charge >= 0.3 is 5.95 Å². The number of likely N-dealkylation sites (tertiary alicyclic amines) is 1. The van der Waals surface area contributed by atoms with E-state index in [2.05, 4.69) is 9.71 Å².